The second kappa shape index (κ2) is 5.09. The Balaban J connectivity index is 1.91. The first-order valence-electron chi connectivity index (χ1n) is 5.08. The molecule has 0 atom stereocenters. The Morgan fingerprint density at radius 2 is 2.41 bits per heavy atom. The summed E-state index contributed by atoms with van der Waals surface area (Å²) in [4.78, 5) is 16.4. The van der Waals surface area contributed by atoms with Crippen molar-refractivity contribution in [2.24, 2.45) is 0 Å². The van der Waals surface area contributed by atoms with Crippen LogP contribution in [0.2, 0.25) is 0 Å². The minimum Gasteiger partial charge on any atom is -0.361 e. The van der Waals surface area contributed by atoms with Crippen LogP contribution < -0.4 is 10.7 Å². The number of carbonyl (C=O) groups is 1. The van der Waals surface area contributed by atoms with Gasteiger partial charge < -0.3 is 10.2 Å². The zero-order valence-corrected chi connectivity index (χ0v) is 10.8. The van der Waals surface area contributed by atoms with Gasteiger partial charge in [-0.2, -0.15) is 0 Å². The largest absolute Gasteiger partial charge is 0.370 e. The number of hydroxylamine groups is 1. The van der Waals surface area contributed by atoms with Crippen LogP contribution in [0, 0.1) is 6.92 Å². The lowest BCUT2D eigenvalue weighted by molar-refractivity contribution is -0.0647. The summed E-state index contributed by atoms with van der Waals surface area (Å²) in [7, 11) is 0. The predicted molar refractivity (Wildman–Crippen MR) is 66.3 cm³/mol. The van der Waals surface area contributed by atoms with E-state index in [1.54, 1.807) is 0 Å². The topological polar surface area (TPSA) is 53.6 Å². The summed E-state index contributed by atoms with van der Waals surface area (Å²) in [6.45, 7) is 2.46. The van der Waals surface area contributed by atoms with Crippen LogP contribution in [0.25, 0.3) is 0 Å². The molecule has 2 rings (SSSR count). The highest BCUT2D eigenvalue weighted by Gasteiger charge is 2.15. The number of nitrogens with zero attached hydrogens (tertiary/aromatic N) is 1. The molecular formula is C11H12BrN3O2. The Hall–Kier alpha value is -1.69. The van der Waals surface area contributed by atoms with Crippen LogP contribution in [0.5, 0.6) is 0 Å². The van der Waals surface area contributed by atoms with E-state index in [9.17, 15) is 4.79 Å². The van der Waals surface area contributed by atoms with Gasteiger partial charge >= 0.3 is 6.03 Å². The molecule has 17 heavy (non-hydrogen) atoms. The van der Waals surface area contributed by atoms with Gasteiger partial charge in [0, 0.05) is 11.0 Å². The van der Waals surface area contributed by atoms with E-state index in [4.69, 9.17) is 4.84 Å². The maximum Gasteiger partial charge on any atom is 0.370 e. The van der Waals surface area contributed by atoms with Gasteiger partial charge in [-0.05, 0) is 30.2 Å². The van der Waals surface area contributed by atoms with Crippen LogP contribution in [-0.2, 0) is 11.4 Å². The second-order valence-electron chi connectivity index (χ2n) is 3.56. The normalized spacial score (nSPS) is 13.2. The fourth-order valence-electron chi connectivity index (χ4n) is 1.43. The first-order valence-corrected chi connectivity index (χ1v) is 5.87. The number of aryl methyl sites for hydroxylation is 1. The van der Waals surface area contributed by atoms with Crippen LogP contribution in [0.1, 0.15) is 11.1 Å². The molecule has 1 aromatic rings. The third-order valence-corrected chi connectivity index (χ3v) is 2.84. The molecule has 0 radical (unpaired) electrons. The molecule has 1 aromatic carbocycles. The highest BCUT2D eigenvalue weighted by molar-refractivity contribution is 9.10. The summed E-state index contributed by atoms with van der Waals surface area (Å²) in [6, 6.07) is 5.59. The van der Waals surface area contributed by atoms with Gasteiger partial charge in [-0.25, -0.2) is 4.79 Å². The number of hydrogen-bond donors (Lipinski definition) is 2. The van der Waals surface area contributed by atoms with Crippen molar-refractivity contribution in [3.8, 4) is 0 Å². The number of carbonyl (C=O) groups excluding carboxylic acids is 1. The van der Waals surface area contributed by atoms with E-state index in [2.05, 4.69) is 26.7 Å². The van der Waals surface area contributed by atoms with Crippen molar-refractivity contribution in [2.45, 2.75) is 13.5 Å². The Labute approximate surface area is 107 Å². The van der Waals surface area contributed by atoms with Gasteiger partial charge in [-0.3, -0.25) is 5.43 Å². The number of halogens is 1. The number of hydrazine groups is 1. The van der Waals surface area contributed by atoms with Crippen molar-refractivity contribution < 1.29 is 9.63 Å². The van der Waals surface area contributed by atoms with Gasteiger partial charge in [0.1, 0.15) is 6.26 Å². The minimum absolute atomic E-state index is 0.336. The molecule has 0 saturated carbocycles. The molecule has 2 N–H and O–H groups in total. The Morgan fingerprint density at radius 1 is 1.59 bits per heavy atom. The van der Waals surface area contributed by atoms with Gasteiger partial charge in [0.2, 0.25) is 0 Å². The van der Waals surface area contributed by atoms with Gasteiger partial charge in [-0.15, -0.1) is 0 Å². The first-order chi connectivity index (χ1) is 8.16. The number of nitrogens with one attached hydrogen (secondary N) is 2. The third-order valence-electron chi connectivity index (χ3n) is 2.35. The highest BCUT2D eigenvalue weighted by Crippen LogP contribution is 2.15. The number of benzene rings is 1. The van der Waals surface area contributed by atoms with Crippen molar-refractivity contribution in [3.63, 3.8) is 0 Å². The number of urea groups is 1. The highest BCUT2D eigenvalue weighted by atomic mass is 79.9. The van der Waals surface area contributed by atoms with Crippen LogP contribution >= 0.6 is 15.9 Å². The summed E-state index contributed by atoms with van der Waals surface area (Å²) in [5.74, 6) is 0. The van der Waals surface area contributed by atoms with Crippen molar-refractivity contribution in [3.05, 3.63) is 46.3 Å². The second-order valence-corrected chi connectivity index (χ2v) is 4.48. The van der Waals surface area contributed by atoms with Crippen molar-refractivity contribution in [1.82, 2.24) is 15.9 Å². The van der Waals surface area contributed by atoms with E-state index < -0.39 is 0 Å². The summed E-state index contributed by atoms with van der Waals surface area (Å²) in [5, 5.41) is 3.77. The molecule has 1 aliphatic heterocycles. The molecule has 6 heteroatoms. The lowest BCUT2D eigenvalue weighted by Gasteiger charge is -2.15. The summed E-state index contributed by atoms with van der Waals surface area (Å²) in [5.41, 5.74) is 4.81. The smallest absolute Gasteiger partial charge is 0.361 e. The Morgan fingerprint density at radius 3 is 3.06 bits per heavy atom. The van der Waals surface area contributed by atoms with Gasteiger partial charge in [0.25, 0.3) is 0 Å². The quantitative estimate of drug-likeness (QED) is 0.880. The molecule has 1 heterocycles. The molecule has 0 aromatic heterocycles. The molecule has 0 aliphatic carbocycles. The molecule has 90 valence electrons. The minimum atomic E-state index is -0.336. The summed E-state index contributed by atoms with van der Waals surface area (Å²) in [6.07, 6.45) is 2.93. The molecule has 0 spiro atoms. The van der Waals surface area contributed by atoms with Crippen LogP contribution in [0.4, 0.5) is 4.79 Å². The van der Waals surface area contributed by atoms with E-state index >= 15 is 0 Å². The molecule has 0 bridgehead atoms. The van der Waals surface area contributed by atoms with Crippen molar-refractivity contribution >= 4 is 22.0 Å². The van der Waals surface area contributed by atoms with Crippen molar-refractivity contribution in [2.75, 3.05) is 0 Å². The number of hydrogen-bond acceptors (Lipinski definition) is 3. The van der Waals surface area contributed by atoms with Crippen molar-refractivity contribution in [1.29, 1.82) is 0 Å². The molecule has 0 fully saturated rings. The molecule has 0 saturated heterocycles. The lowest BCUT2D eigenvalue weighted by atomic mass is 10.1. The molecular weight excluding hydrogens is 286 g/mol. The monoisotopic (exact) mass is 297 g/mol. The van der Waals surface area contributed by atoms with Crippen LogP contribution in [0.3, 0.4) is 0 Å². The maximum atomic E-state index is 11.6. The molecule has 1 aliphatic rings. The molecule has 2 amide bonds. The zero-order chi connectivity index (χ0) is 12.3. The molecule has 0 unspecified atom stereocenters. The lowest BCUT2D eigenvalue weighted by Crippen LogP contribution is -2.42. The average molecular weight is 298 g/mol. The van der Waals surface area contributed by atoms with Gasteiger partial charge in [0.05, 0.1) is 6.20 Å². The maximum absolute atomic E-state index is 11.6. The third kappa shape index (κ3) is 2.91. The van der Waals surface area contributed by atoms with E-state index in [-0.39, 0.29) is 6.03 Å². The predicted octanol–water partition coefficient (Wildman–Crippen LogP) is 2.19. The van der Waals surface area contributed by atoms with Crippen LogP contribution in [0.15, 0.2) is 35.1 Å². The zero-order valence-electron chi connectivity index (χ0n) is 9.24. The van der Waals surface area contributed by atoms with E-state index in [0.717, 1.165) is 20.8 Å². The SMILES string of the molecule is Cc1cc(Br)ccc1CNC(=O)N1NC=CO1. The fourth-order valence-corrected chi connectivity index (χ4v) is 1.90. The average Bonchev–Trinajstić information content (AvgIpc) is 2.81. The van der Waals surface area contributed by atoms with E-state index in [1.165, 1.54) is 12.5 Å². The Kier molecular flexibility index (Phi) is 3.53. The number of amides is 2. The van der Waals surface area contributed by atoms with Crippen LogP contribution in [-0.4, -0.2) is 11.2 Å². The fraction of sp³-hybridized carbons (Fsp3) is 0.182. The summed E-state index contributed by atoms with van der Waals surface area (Å²) >= 11 is 3.40. The van der Waals surface area contributed by atoms with E-state index in [0.29, 0.717) is 6.54 Å². The summed E-state index contributed by atoms with van der Waals surface area (Å²) < 4.78 is 1.03. The van der Waals surface area contributed by atoms with E-state index in [1.807, 2.05) is 25.1 Å². The first kappa shape index (κ1) is 11.8. The van der Waals surface area contributed by atoms with Gasteiger partial charge in [0.15, 0.2) is 0 Å². The standard InChI is InChI=1S/C11H12BrN3O2/c1-8-6-10(12)3-2-9(8)7-13-11(16)15-14-4-5-17-15/h2-6,14H,7H2,1H3,(H,13,16). The van der Waals surface area contributed by atoms with Gasteiger partial charge in [-0.1, -0.05) is 27.2 Å². The molecule has 5 nitrogen and oxygen atoms in total. The Bertz CT molecular complexity index is 454. The number of rotatable bonds is 2.